The molecule has 0 fully saturated rings. The highest BCUT2D eigenvalue weighted by Gasteiger charge is 2.17. The summed E-state index contributed by atoms with van der Waals surface area (Å²) < 4.78 is 17.4. The van der Waals surface area contributed by atoms with Gasteiger partial charge >= 0.3 is 11.9 Å². The van der Waals surface area contributed by atoms with Crippen LogP contribution in [0.4, 0.5) is 0 Å². The molecule has 0 heterocycles. The van der Waals surface area contributed by atoms with Gasteiger partial charge in [-0.1, -0.05) is 216 Å². The number of carbonyl (C=O) groups excluding carboxylic acids is 2. The van der Waals surface area contributed by atoms with E-state index in [1.807, 2.05) is 0 Å². The molecule has 0 aliphatic heterocycles. The molecule has 0 saturated carbocycles. The standard InChI is InChI=1S/C59H104O5/c1-4-7-10-13-16-19-22-25-27-29-31-33-36-39-42-45-48-51-54-62-55-57(64-59(61)53-50-47-44-41-38-34-24-21-18-15-12-9-6-3)56-63-58(60)52-49-46-43-40-37-35-32-30-28-26-23-20-17-14-11-8-5-2/h8,11,17,20-21,24-28,32,35,57H,4-7,9-10,12-16,18-19,22-23,29-31,33-34,36-56H2,1-3H3/b11-8-,20-17-,24-21-,27-25-,28-26-,35-32-. The molecule has 5 nitrogen and oxygen atoms in total. The van der Waals surface area contributed by atoms with Gasteiger partial charge in [-0.05, 0) is 109 Å². The Morgan fingerprint density at radius 3 is 1.16 bits per heavy atom. The maximum absolute atomic E-state index is 12.8. The van der Waals surface area contributed by atoms with Crippen LogP contribution in [-0.4, -0.2) is 37.9 Å². The highest BCUT2D eigenvalue weighted by Crippen LogP contribution is 2.14. The Labute approximate surface area is 397 Å². The Morgan fingerprint density at radius 2 is 0.703 bits per heavy atom. The van der Waals surface area contributed by atoms with Gasteiger partial charge in [0.2, 0.25) is 0 Å². The van der Waals surface area contributed by atoms with Crippen LogP contribution in [-0.2, 0) is 23.8 Å². The van der Waals surface area contributed by atoms with E-state index in [1.54, 1.807) is 0 Å². The summed E-state index contributed by atoms with van der Waals surface area (Å²) >= 11 is 0. The van der Waals surface area contributed by atoms with Gasteiger partial charge in [-0.3, -0.25) is 9.59 Å². The molecular weight excluding hydrogens is 789 g/mol. The van der Waals surface area contributed by atoms with Crippen molar-refractivity contribution in [1.29, 1.82) is 0 Å². The van der Waals surface area contributed by atoms with Crippen LogP contribution in [0.1, 0.15) is 265 Å². The third-order valence-electron chi connectivity index (χ3n) is 11.7. The predicted octanol–water partition coefficient (Wildman–Crippen LogP) is 18.7. The zero-order valence-electron chi connectivity index (χ0n) is 42.5. The molecule has 0 N–H and O–H groups in total. The van der Waals surface area contributed by atoms with Crippen molar-refractivity contribution >= 4 is 11.9 Å². The first kappa shape index (κ1) is 61.3. The van der Waals surface area contributed by atoms with Gasteiger partial charge in [-0.2, -0.15) is 0 Å². The average molecular weight is 893 g/mol. The quantitative estimate of drug-likeness (QED) is 0.0346. The van der Waals surface area contributed by atoms with E-state index in [4.69, 9.17) is 14.2 Å². The van der Waals surface area contributed by atoms with Gasteiger partial charge in [-0.25, -0.2) is 0 Å². The van der Waals surface area contributed by atoms with Gasteiger partial charge in [0, 0.05) is 19.4 Å². The Hall–Kier alpha value is -2.66. The Balaban J connectivity index is 4.30. The molecule has 1 unspecified atom stereocenters. The van der Waals surface area contributed by atoms with Crippen molar-refractivity contribution in [3.05, 3.63) is 72.9 Å². The van der Waals surface area contributed by atoms with Gasteiger partial charge in [0.1, 0.15) is 6.61 Å². The highest BCUT2D eigenvalue weighted by molar-refractivity contribution is 5.70. The van der Waals surface area contributed by atoms with Crippen molar-refractivity contribution in [1.82, 2.24) is 0 Å². The second kappa shape index (κ2) is 54.7. The van der Waals surface area contributed by atoms with Crippen LogP contribution < -0.4 is 0 Å². The SMILES string of the molecule is CC/C=C\C/C=C\C/C=C\C/C=C\CCCCCCC(=O)OCC(COCCCCCCCCCC/C=C\CCCCCCCC)OC(=O)CCCCCCC/C=C\CCCCCC. The number of esters is 2. The number of ether oxygens (including phenoxy) is 3. The highest BCUT2D eigenvalue weighted by atomic mass is 16.6. The Bertz CT molecular complexity index is 1150. The first-order valence-electron chi connectivity index (χ1n) is 27.5. The zero-order valence-corrected chi connectivity index (χ0v) is 42.5. The minimum absolute atomic E-state index is 0.0669. The minimum Gasteiger partial charge on any atom is -0.462 e. The summed E-state index contributed by atoms with van der Waals surface area (Å²) in [5.41, 5.74) is 0. The lowest BCUT2D eigenvalue weighted by molar-refractivity contribution is -0.163. The maximum atomic E-state index is 12.8. The summed E-state index contributed by atoms with van der Waals surface area (Å²) in [7, 11) is 0. The van der Waals surface area contributed by atoms with Crippen molar-refractivity contribution in [3.8, 4) is 0 Å². The molecule has 0 aromatic carbocycles. The molecule has 0 radical (unpaired) electrons. The van der Waals surface area contributed by atoms with Crippen molar-refractivity contribution in [2.45, 2.75) is 271 Å². The molecule has 0 aliphatic carbocycles. The fourth-order valence-corrected chi connectivity index (χ4v) is 7.61. The molecule has 0 saturated heterocycles. The summed E-state index contributed by atoms with van der Waals surface area (Å²) in [6.45, 7) is 7.68. The van der Waals surface area contributed by atoms with Gasteiger partial charge in [0.15, 0.2) is 6.10 Å². The van der Waals surface area contributed by atoms with E-state index in [1.165, 1.54) is 135 Å². The Morgan fingerprint density at radius 1 is 0.359 bits per heavy atom. The zero-order chi connectivity index (χ0) is 46.3. The average Bonchev–Trinajstić information content (AvgIpc) is 3.30. The molecule has 0 rings (SSSR count). The maximum Gasteiger partial charge on any atom is 0.306 e. The minimum atomic E-state index is -0.554. The van der Waals surface area contributed by atoms with Crippen LogP contribution >= 0.6 is 0 Å². The third-order valence-corrected chi connectivity index (χ3v) is 11.7. The van der Waals surface area contributed by atoms with E-state index in [0.717, 1.165) is 96.3 Å². The van der Waals surface area contributed by atoms with E-state index in [0.29, 0.717) is 19.4 Å². The summed E-state index contributed by atoms with van der Waals surface area (Å²) in [5.74, 6) is -0.431. The molecule has 5 heteroatoms. The van der Waals surface area contributed by atoms with Crippen molar-refractivity contribution in [2.24, 2.45) is 0 Å². The summed E-state index contributed by atoms with van der Waals surface area (Å²) in [4.78, 5) is 25.4. The molecular formula is C59H104O5. The summed E-state index contributed by atoms with van der Waals surface area (Å²) in [5, 5.41) is 0. The van der Waals surface area contributed by atoms with Crippen molar-refractivity contribution < 1.29 is 23.8 Å². The van der Waals surface area contributed by atoms with Gasteiger partial charge in [0.05, 0.1) is 6.61 Å². The first-order chi connectivity index (χ1) is 31.6. The van der Waals surface area contributed by atoms with Crippen molar-refractivity contribution in [3.63, 3.8) is 0 Å². The number of allylic oxidation sites excluding steroid dienone is 12. The number of carbonyl (C=O) groups is 2. The largest absolute Gasteiger partial charge is 0.462 e. The second-order valence-electron chi connectivity index (χ2n) is 18.1. The molecule has 64 heavy (non-hydrogen) atoms. The normalized spacial score (nSPS) is 12.7. The first-order valence-corrected chi connectivity index (χ1v) is 27.5. The van der Waals surface area contributed by atoms with Crippen LogP contribution in [0.2, 0.25) is 0 Å². The third kappa shape index (κ3) is 52.0. The number of unbranched alkanes of at least 4 members (excludes halogenated alkanes) is 27. The number of hydrogen-bond acceptors (Lipinski definition) is 5. The van der Waals surface area contributed by atoms with E-state index in [-0.39, 0.29) is 25.2 Å². The van der Waals surface area contributed by atoms with Crippen LogP contribution in [0.25, 0.3) is 0 Å². The molecule has 0 bridgehead atoms. The van der Waals surface area contributed by atoms with Crippen LogP contribution in [0.3, 0.4) is 0 Å². The topological polar surface area (TPSA) is 61.8 Å². The Kier molecular flexibility index (Phi) is 52.4. The van der Waals surface area contributed by atoms with Gasteiger partial charge < -0.3 is 14.2 Å². The molecule has 0 aromatic rings. The molecule has 1 atom stereocenters. The monoisotopic (exact) mass is 893 g/mol. The van der Waals surface area contributed by atoms with Crippen LogP contribution in [0.5, 0.6) is 0 Å². The molecule has 0 aromatic heterocycles. The summed E-state index contributed by atoms with van der Waals surface area (Å²) in [6.07, 6.45) is 70.6. The van der Waals surface area contributed by atoms with E-state index in [2.05, 4.69) is 93.7 Å². The smallest absolute Gasteiger partial charge is 0.306 e. The van der Waals surface area contributed by atoms with E-state index in [9.17, 15) is 9.59 Å². The number of hydrogen-bond donors (Lipinski definition) is 0. The molecule has 0 spiro atoms. The van der Waals surface area contributed by atoms with Gasteiger partial charge in [0.25, 0.3) is 0 Å². The van der Waals surface area contributed by atoms with Crippen LogP contribution in [0.15, 0.2) is 72.9 Å². The van der Waals surface area contributed by atoms with E-state index < -0.39 is 6.10 Å². The lowest BCUT2D eigenvalue weighted by Gasteiger charge is -2.18. The second-order valence-corrected chi connectivity index (χ2v) is 18.1. The summed E-state index contributed by atoms with van der Waals surface area (Å²) in [6, 6.07) is 0. The molecule has 0 amide bonds. The fourth-order valence-electron chi connectivity index (χ4n) is 7.61. The van der Waals surface area contributed by atoms with Gasteiger partial charge in [-0.15, -0.1) is 0 Å². The molecule has 0 aliphatic rings. The van der Waals surface area contributed by atoms with Crippen molar-refractivity contribution in [2.75, 3.05) is 19.8 Å². The number of rotatable bonds is 50. The molecule has 370 valence electrons. The van der Waals surface area contributed by atoms with Crippen LogP contribution in [0, 0.1) is 0 Å². The lowest BCUT2D eigenvalue weighted by Crippen LogP contribution is -2.30. The fraction of sp³-hybridized carbons (Fsp3) is 0.763. The predicted molar refractivity (Wildman–Crippen MR) is 279 cm³/mol. The van der Waals surface area contributed by atoms with E-state index >= 15 is 0 Å². The lowest BCUT2D eigenvalue weighted by atomic mass is 10.1.